The summed E-state index contributed by atoms with van der Waals surface area (Å²) in [7, 11) is 1.72. The zero-order chi connectivity index (χ0) is 11.4. The Hall–Kier alpha value is -1.02. The van der Waals surface area contributed by atoms with Crippen LogP contribution in [0.3, 0.4) is 0 Å². The Kier molecular flexibility index (Phi) is 3.83. The number of methoxy groups -OCH3 is 1. The van der Waals surface area contributed by atoms with Gasteiger partial charge in [0.05, 0.1) is 7.11 Å². The van der Waals surface area contributed by atoms with Gasteiger partial charge in [-0.05, 0) is 30.4 Å². The molecule has 0 aliphatic heterocycles. The average molecular weight is 219 g/mol. The Morgan fingerprint density at radius 2 is 2.12 bits per heavy atom. The molecule has 0 spiro atoms. The van der Waals surface area contributed by atoms with Gasteiger partial charge in [0.15, 0.2) is 0 Å². The van der Waals surface area contributed by atoms with Crippen LogP contribution in [-0.2, 0) is 6.42 Å². The normalized spacial score (nSPS) is 17.9. The van der Waals surface area contributed by atoms with Crippen molar-refractivity contribution in [2.45, 2.75) is 38.1 Å². The molecule has 1 fully saturated rings. The van der Waals surface area contributed by atoms with Crippen LogP contribution in [0.15, 0.2) is 24.3 Å². The molecule has 1 aromatic carbocycles. The third-order valence-electron chi connectivity index (χ3n) is 3.54. The Bertz CT molecular complexity index is 333. The highest BCUT2D eigenvalue weighted by Gasteiger charge is 2.20. The smallest absolute Gasteiger partial charge is 0.122 e. The SMILES string of the molecule is COc1ccccc1CC(N)CC1CCC1. The van der Waals surface area contributed by atoms with E-state index in [1.54, 1.807) is 7.11 Å². The number of rotatable bonds is 5. The summed E-state index contributed by atoms with van der Waals surface area (Å²) in [5, 5.41) is 0. The predicted octanol–water partition coefficient (Wildman–Crippen LogP) is 2.76. The lowest BCUT2D eigenvalue weighted by molar-refractivity contribution is 0.275. The first-order valence-corrected chi connectivity index (χ1v) is 6.17. The van der Waals surface area contributed by atoms with Crippen LogP contribution in [0.25, 0.3) is 0 Å². The van der Waals surface area contributed by atoms with E-state index >= 15 is 0 Å². The molecule has 2 nitrogen and oxygen atoms in total. The lowest BCUT2D eigenvalue weighted by Gasteiger charge is -2.28. The number of nitrogens with two attached hydrogens (primary N) is 1. The van der Waals surface area contributed by atoms with Crippen molar-refractivity contribution < 1.29 is 4.74 Å². The minimum atomic E-state index is 0.279. The first-order valence-electron chi connectivity index (χ1n) is 6.17. The summed E-state index contributed by atoms with van der Waals surface area (Å²) in [5.74, 6) is 1.84. The second kappa shape index (κ2) is 5.35. The third-order valence-corrected chi connectivity index (χ3v) is 3.54. The van der Waals surface area contributed by atoms with Gasteiger partial charge in [-0.15, -0.1) is 0 Å². The Morgan fingerprint density at radius 1 is 1.38 bits per heavy atom. The number of para-hydroxylation sites is 1. The highest BCUT2D eigenvalue weighted by Crippen LogP contribution is 2.31. The maximum atomic E-state index is 6.18. The predicted molar refractivity (Wildman–Crippen MR) is 66.6 cm³/mol. The van der Waals surface area contributed by atoms with E-state index in [2.05, 4.69) is 6.07 Å². The van der Waals surface area contributed by atoms with Crippen molar-refractivity contribution in [3.8, 4) is 5.75 Å². The molecule has 2 rings (SSSR count). The molecule has 0 heterocycles. The molecule has 0 saturated heterocycles. The molecule has 2 heteroatoms. The van der Waals surface area contributed by atoms with Crippen molar-refractivity contribution in [3.63, 3.8) is 0 Å². The molecule has 0 amide bonds. The highest BCUT2D eigenvalue weighted by molar-refractivity contribution is 5.33. The van der Waals surface area contributed by atoms with Gasteiger partial charge in [-0.1, -0.05) is 37.5 Å². The van der Waals surface area contributed by atoms with Gasteiger partial charge >= 0.3 is 0 Å². The van der Waals surface area contributed by atoms with Crippen molar-refractivity contribution in [1.29, 1.82) is 0 Å². The van der Waals surface area contributed by atoms with Crippen LogP contribution in [0.1, 0.15) is 31.2 Å². The summed E-state index contributed by atoms with van der Waals surface area (Å²) in [6, 6.07) is 8.44. The van der Waals surface area contributed by atoms with Gasteiger partial charge in [-0.3, -0.25) is 0 Å². The van der Waals surface area contributed by atoms with Gasteiger partial charge in [0.25, 0.3) is 0 Å². The second-order valence-corrected chi connectivity index (χ2v) is 4.81. The molecular formula is C14H21NO. The van der Waals surface area contributed by atoms with E-state index in [0.717, 1.165) is 24.5 Å². The molecule has 1 atom stereocenters. The monoisotopic (exact) mass is 219 g/mol. The second-order valence-electron chi connectivity index (χ2n) is 4.81. The fraction of sp³-hybridized carbons (Fsp3) is 0.571. The summed E-state index contributed by atoms with van der Waals surface area (Å²) >= 11 is 0. The minimum Gasteiger partial charge on any atom is -0.496 e. The van der Waals surface area contributed by atoms with Crippen LogP contribution in [0.4, 0.5) is 0 Å². The van der Waals surface area contributed by atoms with Crippen molar-refractivity contribution in [2.75, 3.05) is 7.11 Å². The highest BCUT2D eigenvalue weighted by atomic mass is 16.5. The molecule has 0 aromatic heterocycles. The summed E-state index contributed by atoms with van der Waals surface area (Å²) in [5.41, 5.74) is 7.42. The maximum absolute atomic E-state index is 6.18. The van der Waals surface area contributed by atoms with Crippen molar-refractivity contribution in [2.24, 2.45) is 11.7 Å². The molecule has 1 unspecified atom stereocenters. The minimum absolute atomic E-state index is 0.279. The number of hydrogen-bond donors (Lipinski definition) is 1. The lowest BCUT2D eigenvalue weighted by atomic mass is 9.80. The van der Waals surface area contributed by atoms with Gasteiger partial charge < -0.3 is 10.5 Å². The summed E-state index contributed by atoms with van der Waals surface area (Å²) < 4.78 is 5.34. The van der Waals surface area contributed by atoms with Gasteiger partial charge in [0, 0.05) is 6.04 Å². The standard InChI is InChI=1S/C14H21NO/c1-16-14-8-3-2-7-12(14)10-13(15)9-11-5-4-6-11/h2-3,7-8,11,13H,4-6,9-10,15H2,1H3. The molecule has 88 valence electrons. The molecule has 2 N–H and O–H groups in total. The summed E-state index contributed by atoms with van der Waals surface area (Å²) in [6.07, 6.45) is 6.24. The van der Waals surface area contributed by atoms with Gasteiger partial charge in [0.2, 0.25) is 0 Å². The van der Waals surface area contributed by atoms with Crippen LogP contribution in [0.2, 0.25) is 0 Å². The third kappa shape index (κ3) is 2.76. The Balaban J connectivity index is 1.91. The van der Waals surface area contributed by atoms with E-state index < -0.39 is 0 Å². The van der Waals surface area contributed by atoms with Gasteiger partial charge in [-0.25, -0.2) is 0 Å². The molecule has 1 aromatic rings. The molecular weight excluding hydrogens is 198 g/mol. The molecule has 0 bridgehead atoms. The van der Waals surface area contributed by atoms with Crippen molar-refractivity contribution in [1.82, 2.24) is 0 Å². The van der Waals surface area contributed by atoms with Crippen LogP contribution in [0.5, 0.6) is 5.75 Å². The van der Waals surface area contributed by atoms with E-state index in [1.807, 2.05) is 18.2 Å². The van der Waals surface area contributed by atoms with Gasteiger partial charge in [0.1, 0.15) is 5.75 Å². The lowest BCUT2D eigenvalue weighted by Crippen LogP contribution is -2.28. The van der Waals surface area contributed by atoms with E-state index in [4.69, 9.17) is 10.5 Å². The first kappa shape index (κ1) is 11.5. The fourth-order valence-corrected chi connectivity index (χ4v) is 2.39. The van der Waals surface area contributed by atoms with Crippen molar-refractivity contribution in [3.05, 3.63) is 29.8 Å². The van der Waals surface area contributed by atoms with E-state index in [0.29, 0.717) is 0 Å². The first-order chi connectivity index (χ1) is 7.79. The van der Waals surface area contributed by atoms with Crippen LogP contribution < -0.4 is 10.5 Å². The average Bonchev–Trinajstić information content (AvgIpc) is 2.24. The van der Waals surface area contributed by atoms with Crippen molar-refractivity contribution >= 4 is 0 Å². The Labute approximate surface area is 97.8 Å². The molecule has 1 aliphatic carbocycles. The zero-order valence-electron chi connectivity index (χ0n) is 9.99. The van der Waals surface area contributed by atoms with E-state index in [1.165, 1.54) is 24.8 Å². The molecule has 1 saturated carbocycles. The summed E-state index contributed by atoms with van der Waals surface area (Å²) in [4.78, 5) is 0. The molecule has 0 radical (unpaired) electrons. The molecule has 1 aliphatic rings. The number of hydrogen-bond acceptors (Lipinski definition) is 2. The zero-order valence-corrected chi connectivity index (χ0v) is 9.99. The van der Waals surface area contributed by atoms with Crippen LogP contribution in [0, 0.1) is 5.92 Å². The van der Waals surface area contributed by atoms with E-state index in [9.17, 15) is 0 Å². The largest absolute Gasteiger partial charge is 0.496 e. The maximum Gasteiger partial charge on any atom is 0.122 e. The quantitative estimate of drug-likeness (QED) is 0.826. The number of ether oxygens (including phenoxy) is 1. The van der Waals surface area contributed by atoms with Crippen LogP contribution in [-0.4, -0.2) is 13.2 Å². The topological polar surface area (TPSA) is 35.2 Å². The fourth-order valence-electron chi connectivity index (χ4n) is 2.39. The van der Waals surface area contributed by atoms with E-state index in [-0.39, 0.29) is 6.04 Å². The van der Waals surface area contributed by atoms with Crippen LogP contribution >= 0.6 is 0 Å². The van der Waals surface area contributed by atoms with Gasteiger partial charge in [-0.2, -0.15) is 0 Å². The summed E-state index contributed by atoms with van der Waals surface area (Å²) in [6.45, 7) is 0. The Morgan fingerprint density at radius 3 is 2.75 bits per heavy atom. The number of benzene rings is 1. The molecule has 16 heavy (non-hydrogen) atoms.